The lowest BCUT2D eigenvalue weighted by atomic mass is 9.84. The third-order valence-electron chi connectivity index (χ3n) is 4.21. The van der Waals surface area contributed by atoms with Crippen molar-refractivity contribution in [2.75, 3.05) is 6.54 Å². The number of aryl methyl sites for hydroxylation is 1. The van der Waals surface area contributed by atoms with Gasteiger partial charge in [-0.15, -0.1) is 0 Å². The van der Waals surface area contributed by atoms with E-state index in [4.69, 9.17) is 0 Å². The van der Waals surface area contributed by atoms with E-state index in [9.17, 15) is 22.8 Å². The van der Waals surface area contributed by atoms with Crippen LogP contribution in [0.15, 0.2) is 24.3 Å². The van der Waals surface area contributed by atoms with Crippen molar-refractivity contribution in [1.82, 2.24) is 10.6 Å². The molecular weight excluding hydrogens is 321 g/mol. The molecule has 0 spiro atoms. The van der Waals surface area contributed by atoms with Crippen molar-refractivity contribution in [2.24, 2.45) is 0 Å². The Balaban J connectivity index is 1.96. The molecule has 0 saturated carbocycles. The molecule has 0 aromatic heterocycles. The number of hydrogen-bond donors (Lipinski definition) is 2. The number of hydrogen-bond acceptors (Lipinski definition) is 2. The monoisotopic (exact) mass is 342 g/mol. The highest BCUT2D eigenvalue weighted by Crippen LogP contribution is 2.29. The highest BCUT2D eigenvalue weighted by atomic mass is 19.4. The van der Waals surface area contributed by atoms with Gasteiger partial charge in [-0.25, -0.2) is 0 Å². The first kappa shape index (κ1) is 18.3. The fourth-order valence-corrected chi connectivity index (χ4v) is 2.92. The normalized spacial score (nSPS) is 20.8. The van der Waals surface area contributed by atoms with Gasteiger partial charge in [0.2, 0.25) is 11.8 Å². The lowest BCUT2D eigenvalue weighted by Crippen LogP contribution is -2.45. The topological polar surface area (TPSA) is 58.2 Å². The lowest BCUT2D eigenvalue weighted by Gasteiger charge is -2.29. The largest absolute Gasteiger partial charge is 0.405 e. The summed E-state index contributed by atoms with van der Waals surface area (Å²) in [6.07, 6.45) is -2.65. The van der Waals surface area contributed by atoms with Crippen LogP contribution in [0.25, 0.3) is 0 Å². The van der Waals surface area contributed by atoms with Crippen molar-refractivity contribution in [3.63, 3.8) is 0 Å². The van der Waals surface area contributed by atoms with Gasteiger partial charge in [0.25, 0.3) is 0 Å². The van der Waals surface area contributed by atoms with Crippen LogP contribution in [0.5, 0.6) is 0 Å². The maximum absolute atomic E-state index is 12.1. The maximum atomic E-state index is 12.1. The van der Waals surface area contributed by atoms with Gasteiger partial charge in [0.05, 0.1) is 0 Å². The molecule has 24 heavy (non-hydrogen) atoms. The highest BCUT2D eigenvalue weighted by Gasteiger charge is 2.38. The minimum absolute atomic E-state index is 0.0534. The van der Waals surface area contributed by atoms with E-state index >= 15 is 0 Å². The van der Waals surface area contributed by atoms with Gasteiger partial charge < -0.3 is 10.6 Å². The van der Waals surface area contributed by atoms with Crippen LogP contribution in [0.4, 0.5) is 13.2 Å². The molecule has 2 amide bonds. The Morgan fingerprint density at radius 3 is 2.50 bits per heavy atom. The smallest absolute Gasteiger partial charge is 0.350 e. The molecule has 1 unspecified atom stereocenters. The molecule has 7 heteroatoms. The number of rotatable bonds is 6. The first-order valence-electron chi connectivity index (χ1n) is 7.87. The summed E-state index contributed by atoms with van der Waals surface area (Å²) in [7, 11) is 0. The van der Waals surface area contributed by atoms with Crippen LogP contribution in [-0.2, 0) is 16.0 Å². The van der Waals surface area contributed by atoms with Gasteiger partial charge in [-0.1, -0.05) is 29.8 Å². The summed E-state index contributed by atoms with van der Waals surface area (Å²) in [5.74, 6) is -0.741. The third-order valence-corrected chi connectivity index (χ3v) is 4.21. The Labute approximate surface area is 138 Å². The van der Waals surface area contributed by atoms with Gasteiger partial charge in [0.1, 0.15) is 6.54 Å². The number of halogens is 3. The van der Waals surface area contributed by atoms with E-state index in [-0.39, 0.29) is 12.3 Å². The summed E-state index contributed by atoms with van der Waals surface area (Å²) in [5.41, 5.74) is 1.58. The zero-order valence-electron chi connectivity index (χ0n) is 13.5. The van der Waals surface area contributed by atoms with Crippen LogP contribution in [0, 0.1) is 6.92 Å². The molecule has 1 saturated heterocycles. The van der Waals surface area contributed by atoms with Crippen molar-refractivity contribution >= 4 is 11.8 Å². The molecule has 0 bridgehead atoms. The lowest BCUT2D eigenvalue weighted by molar-refractivity contribution is -0.138. The van der Waals surface area contributed by atoms with Crippen molar-refractivity contribution in [2.45, 2.75) is 50.7 Å². The summed E-state index contributed by atoms with van der Waals surface area (Å²) >= 11 is 0. The average molecular weight is 342 g/mol. The predicted octanol–water partition coefficient (Wildman–Crippen LogP) is 2.65. The number of nitrogens with one attached hydrogen (secondary N) is 2. The summed E-state index contributed by atoms with van der Waals surface area (Å²) < 4.78 is 36.4. The Morgan fingerprint density at radius 1 is 1.29 bits per heavy atom. The molecule has 1 aromatic carbocycles. The van der Waals surface area contributed by atoms with Crippen LogP contribution in [-0.4, -0.2) is 30.1 Å². The molecule has 1 aliphatic rings. The molecule has 1 fully saturated rings. The summed E-state index contributed by atoms with van der Waals surface area (Å²) in [5, 5.41) is 4.79. The third kappa shape index (κ3) is 5.54. The Hall–Kier alpha value is -2.05. The molecule has 1 atom stereocenters. The molecule has 0 radical (unpaired) electrons. The number of benzene rings is 1. The van der Waals surface area contributed by atoms with E-state index in [1.54, 1.807) is 0 Å². The molecule has 2 rings (SSSR count). The Bertz CT molecular complexity index is 599. The molecule has 1 aliphatic heterocycles. The van der Waals surface area contributed by atoms with Crippen LogP contribution in [0.2, 0.25) is 0 Å². The quantitative estimate of drug-likeness (QED) is 0.835. The summed E-state index contributed by atoms with van der Waals surface area (Å²) in [4.78, 5) is 23.3. The number of alkyl halides is 3. The van der Waals surface area contributed by atoms with Gasteiger partial charge >= 0.3 is 6.18 Å². The first-order chi connectivity index (χ1) is 11.2. The van der Waals surface area contributed by atoms with Crippen LogP contribution >= 0.6 is 0 Å². The maximum Gasteiger partial charge on any atom is 0.405 e. The zero-order chi connectivity index (χ0) is 17.8. The standard InChI is InChI=1S/C17H21F3N2O2/c1-12-2-4-13(5-3-12)10-16(9-7-15(24)22-16)8-6-14(23)21-11-17(18,19)20/h2-5H,6-11H2,1H3,(H,21,23)(H,22,24). The average Bonchev–Trinajstić information content (AvgIpc) is 2.86. The highest BCUT2D eigenvalue weighted by molar-refractivity contribution is 5.80. The molecule has 2 N–H and O–H groups in total. The first-order valence-corrected chi connectivity index (χ1v) is 7.87. The predicted molar refractivity (Wildman–Crippen MR) is 83.3 cm³/mol. The van der Waals surface area contributed by atoms with Gasteiger partial charge in [-0.05, 0) is 31.7 Å². The molecular formula is C17H21F3N2O2. The minimum atomic E-state index is -4.42. The van der Waals surface area contributed by atoms with Crippen molar-refractivity contribution in [3.8, 4) is 0 Å². The van der Waals surface area contributed by atoms with E-state index in [1.165, 1.54) is 0 Å². The van der Waals surface area contributed by atoms with Gasteiger partial charge in [-0.2, -0.15) is 13.2 Å². The van der Waals surface area contributed by atoms with Crippen molar-refractivity contribution in [3.05, 3.63) is 35.4 Å². The van der Waals surface area contributed by atoms with Gasteiger partial charge in [0.15, 0.2) is 0 Å². The molecule has 0 aliphatic carbocycles. The summed E-state index contributed by atoms with van der Waals surface area (Å²) in [6.45, 7) is 0.644. The van der Waals surface area contributed by atoms with Crippen LogP contribution in [0.1, 0.15) is 36.8 Å². The minimum Gasteiger partial charge on any atom is -0.350 e. The number of carbonyl (C=O) groups excluding carboxylic acids is 2. The van der Waals surface area contributed by atoms with Gasteiger partial charge in [0, 0.05) is 18.4 Å². The van der Waals surface area contributed by atoms with Crippen molar-refractivity contribution < 1.29 is 22.8 Å². The van der Waals surface area contributed by atoms with E-state index in [1.807, 2.05) is 36.5 Å². The fraction of sp³-hybridized carbons (Fsp3) is 0.529. The SMILES string of the molecule is Cc1ccc(CC2(CCC(=O)NCC(F)(F)F)CCC(=O)N2)cc1. The van der Waals surface area contributed by atoms with E-state index < -0.39 is 24.2 Å². The zero-order valence-corrected chi connectivity index (χ0v) is 13.5. The summed E-state index contributed by atoms with van der Waals surface area (Å²) in [6, 6.07) is 7.86. The van der Waals surface area contributed by atoms with Crippen LogP contribution < -0.4 is 10.6 Å². The molecule has 4 nitrogen and oxygen atoms in total. The Morgan fingerprint density at radius 2 is 1.96 bits per heavy atom. The number of amides is 2. The van der Waals surface area contributed by atoms with E-state index in [0.29, 0.717) is 25.7 Å². The Kier molecular flexibility index (Phi) is 5.51. The second kappa shape index (κ2) is 7.23. The molecule has 1 heterocycles. The second-order valence-corrected chi connectivity index (χ2v) is 6.38. The number of carbonyl (C=O) groups is 2. The van der Waals surface area contributed by atoms with E-state index in [0.717, 1.165) is 11.1 Å². The van der Waals surface area contributed by atoms with E-state index in [2.05, 4.69) is 5.32 Å². The molecule has 132 valence electrons. The molecule has 1 aromatic rings. The van der Waals surface area contributed by atoms with Crippen molar-refractivity contribution in [1.29, 1.82) is 0 Å². The second-order valence-electron chi connectivity index (χ2n) is 6.38. The fourth-order valence-electron chi connectivity index (χ4n) is 2.92. The van der Waals surface area contributed by atoms with Gasteiger partial charge in [-0.3, -0.25) is 9.59 Å². The van der Waals surface area contributed by atoms with Crippen LogP contribution in [0.3, 0.4) is 0 Å².